The molecule has 0 N–H and O–H groups in total. The summed E-state index contributed by atoms with van der Waals surface area (Å²) < 4.78 is 6.63. The number of benzene rings is 1. The Morgan fingerprint density at radius 2 is 2.25 bits per heavy atom. The molecule has 0 spiro atoms. The second kappa shape index (κ2) is 6.78. The Kier molecular flexibility index (Phi) is 4.80. The standard InChI is InChI=1S/C15H13ClN2O2/c1-2-3-8-20-15(19)13-9-17-18(11-13)10-12-6-4-5-7-14(12)16/h1,4-7,9,11H,3,8,10H2. The number of esters is 1. The summed E-state index contributed by atoms with van der Waals surface area (Å²) in [5.41, 5.74) is 1.33. The molecule has 0 aliphatic rings. The molecular weight excluding hydrogens is 276 g/mol. The summed E-state index contributed by atoms with van der Waals surface area (Å²) >= 11 is 6.08. The van der Waals surface area contributed by atoms with Crippen LogP contribution in [0.2, 0.25) is 5.02 Å². The molecule has 4 nitrogen and oxygen atoms in total. The van der Waals surface area contributed by atoms with Crippen LogP contribution in [0.5, 0.6) is 0 Å². The van der Waals surface area contributed by atoms with Gasteiger partial charge in [-0.15, -0.1) is 12.3 Å². The summed E-state index contributed by atoms with van der Waals surface area (Å²) in [4.78, 5) is 11.7. The molecule has 0 fully saturated rings. The van der Waals surface area contributed by atoms with E-state index < -0.39 is 5.97 Å². The van der Waals surface area contributed by atoms with Gasteiger partial charge in [0.1, 0.15) is 6.61 Å². The molecule has 2 aromatic rings. The van der Waals surface area contributed by atoms with Gasteiger partial charge in [-0.25, -0.2) is 4.79 Å². The summed E-state index contributed by atoms with van der Waals surface area (Å²) in [6.07, 6.45) is 8.58. The van der Waals surface area contributed by atoms with E-state index in [1.54, 1.807) is 10.9 Å². The molecule has 1 heterocycles. The summed E-state index contributed by atoms with van der Waals surface area (Å²) in [6, 6.07) is 7.49. The van der Waals surface area contributed by atoms with Gasteiger partial charge in [-0.05, 0) is 11.6 Å². The molecule has 0 atom stereocenters. The molecule has 0 saturated carbocycles. The Bertz CT molecular complexity index is 643. The number of aromatic nitrogens is 2. The van der Waals surface area contributed by atoms with Gasteiger partial charge in [0.05, 0.1) is 18.3 Å². The van der Waals surface area contributed by atoms with Crippen molar-refractivity contribution in [2.45, 2.75) is 13.0 Å². The zero-order chi connectivity index (χ0) is 14.4. The lowest BCUT2D eigenvalue weighted by atomic mass is 10.2. The first-order valence-electron chi connectivity index (χ1n) is 6.07. The Balaban J connectivity index is 2.01. The molecular formula is C15H13ClN2O2. The smallest absolute Gasteiger partial charge is 0.341 e. The van der Waals surface area contributed by atoms with Crippen LogP contribution in [0.25, 0.3) is 0 Å². The van der Waals surface area contributed by atoms with E-state index in [9.17, 15) is 4.79 Å². The number of hydrogen-bond donors (Lipinski definition) is 0. The summed E-state index contributed by atoms with van der Waals surface area (Å²) in [7, 11) is 0. The molecule has 0 saturated heterocycles. The first-order valence-corrected chi connectivity index (χ1v) is 6.45. The van der Waals surface area contributed by atoms with Crippen LogP contribution in [0.4, 0.5) is 0 Å². The molecule has 0 bridgehead atoms. The molecule has 1 aromatic carbocycles. The predicted octanol–water partition coefficient (Wildman–Crippen LogP) is 2.76. The van der Waals surface area contributed by atoms with Gasteiger partial charge in [0.15, 0.2) is 0 Å². The van der Waals surface area contributed by atoms with Crippen LogP contribution in [0.15, 0.2) is 36.7 Å². The average molecular weight is 289 g/mol. The van der Waals surface area contributed by atoms with Gasteiger partial charge in [0, 0.05) is 17.6 Å². The van der Waals surface area contributed by atoms with E-state index >= 15 is 0 Å². The third-order valence-corrected chi connectivity index (χ3v) is 3.01. The van der Waals surface area contributed by atoms with E-state index in [-0.39, 0.29) is 6.61 Å². The predicted molar refractivity (Wildman–Crippen MR) is 76.5 cm³/mol. The van der Waals surface area contributed by atoms with Gasteiger partial charge in [0.25, 0.3) is 0 Å². The Morgan fingerprint density at radius 1 is 1.45 bits per heavy atom. The van der Waals surface area contributed by atoms with E-state index in [2.05, 4.69) is 11.0 Å². The SMILES string of the molecule is C#CCCOC(=O)c1cnn(Cc2ccccc2Cl)c1. The maximum absolute atomic E-state index is 11.7. The van der Waals surface area contributed by atoms with Crippen molar-refractivity contribution in [1.29, 1.82) is 0 Å². The molecule has 1 aromatic heterocycles. The second-order valence-corrected chi connectivity index (χ2v) is 4.52. The normalized spacial score (nSPS) is 10.0. The molecule has 0 aliphatic heterocycles. The largest absolute Gasteiger partial charge is 0.461 e. The molecule has 20 heavy (non-hydrogen) atoms. The highest BCUT2D eigenvalue weighted by Crippen LogP contribution is 2.16. The number of nitrogens with zero attached hydrogens (tertiary/aromatic N) is 2. The van der Waals surface area contributed by atoms with Crippen molar-refractivity contribution >= 4 is 17.6 Å². The summed E-state index contributed by atoms with van der Waals surface area (Å²) in [6.45, 7) is 0.711. The Morgan fingerprint density at radius 3 is 3.00 bits per heavy atom. The lowest BCUT2D eigenvalue weighted by Gasteiger charge is -2.03. The molecule has 2 rings (SSSR count). The fraction of sp³-hybridized carbons (Fsp3) is 0.200. The Labute approximate surface area is 122 Å². The number of terminal acetylenes is 1. The minimum Gasteiger partial charge on any atom is -0.461 e. The van der Waals surface area contributed by atoms with E-state index in [0.717, 1.165) is 5.56 Å². The van der Waals surface area contributed by atoms with Crippen molar-refractivity contribution in [2.24, 2.45) is 0 Å². The third kappa shape index (κ3) is 3.62. The number of halogens is 1. The van der Waals surface area contributed by atoms with Crippen molar-refractivity contribution in [3.05, 3.63) is 52.8 Å². The number of carbonyl (C=O) groups excluding carboxylic acids is 1. The van der Waals surface area contributed by atoms with Crippen LogP contribution in [0.1, 0.15) is 22.3 Å². The van der Waals surface area contributed by atoms with E-state index in [0.29, 0.717) is 23.6 Å². The van der Waals surface area contributed by atoms with Gasteiger partial charge in [0.2, 0.25) is 0 Å². The van der Waals surface area contributed by atoms with Crippen LogP contribution in [0, 0.1) is 12.3 Å². The van der Waals surface area contributed by atoms with Gasteiger partial charge in [-0.2, -0.15) is 5.10 Å². The van der Waals surface area contributed by atoms with Crippen molar-refractivity contribution in [3.8, 4) is 12.3 Å². The van der Waals surface area contributed by atoms with E-state index in [1.165, 1.54) is 6.20 Å². The maximum atomic E-state index is 11.7. The minimum atomic E-state index is -0.425. The number of hydrogen-bond acceptors (Lipinski definition) is 3. The van der Waals surface area contributed by atoms with Gasteiger partial charge < -0.3 is 4.74 Å². The van der Waals surface area contributed by atoms with E-state index in [4.69, 9.17) is 22.8 Å². The fourth-order valence-corrected chi connectivity index (χ4v) is 1.84. The van der Waals surface area contributed by atoms with Gasteiger partial charge in [-0.1, -0.05) is 29.8 Å². The lowest BCUT2D eigenvalue weighted by Crippen LogP contribution is -2.05. The first-order chi connectivity index (χ1) is 9.70. The molecule has 102 valence electrons. The highest BCUT2D eigenvalue weighted by atomic mass is 35.5. The molecule has 5 heteroatoms. The highest BCUT2D eigenvalue weighted by Gasteiger charge is 2.10. The highest BCUT2D eigenvalue weighted by molar-refractivity contribution is 6.31. The number of rotatable bonds is 5. The summed E-state index contributed by atoms with van der Waals surface area (Å²) in [5.74, 6) is 1.98. The van der Waals surface area contributed by atoms with Crippen LogP contribution in [-0.2, 0) is 11.3 Å². The topological polar surface area (TPSA) is 44.1 Å². The quantitative estimate of drug-likeness (QED) is 0.483. The van der Waals surface area contributed by atoms with Crippen molar-refractivity contribution in [1.82, 2.24) is 9.78 Å². The average Bonchev–Trinajstić information content (AvgIpc) is 2.90. The van der Waals surface area contributed by atoms with Gasteiger partial charge in [-0.3, -0.25) is 4.68 Å². The maximum Gasteiger partial charge on any atom is 0.341 e. The number of ether oxygens (including phenoxy) is 1. The third-order valence-electron chi connectivity index (χ3n) is 2.64. The number of carbonyl (C=O) groups is 1. The minimum absolute atomic E-state index is 0.213. The first kappa shape index (κ1) is 14.2. The van der Waals surface area contributed by atoms with Crippen molar-refractivity contribution < 1.29 is 9.53 Å². The molecule has 0 radical (unpaired) electrons. The van der Waals surface area contributed by atoms with Crippen molar-refractivity contribution in [2.75, 3.05) is 6.61 Å². The molecule has 0 amide bonds. The monoisotopic (exact) mass is 288 g/mol. The van der Waals surface area contributed by atoms with E-state index in [1.807, 2.05) is 24.3 Å². The van der Waals surface area contributed by atoms with Gasteiger partial charge >= 0.3 is 5.97 Å². The fourth-order valence-electron chi connectivity index (χ4n) is 1.64. The zero-order valence-electron chi connectivity index (χ0n) is 10.8. The van der Waals surface area contributed by atoms with Crippen LogP contribution in [0.3, 0.4) is 0 Å². The zero-order valence-corrected chi connectivity index (χ0v) is 11.5. The van der Waals surface area contributed by atoms with Crippen LogP contribution >= 0.6 is 11.6 Å². The molecule has 0 aliphatic carbocycles. The lowest BCUT2D eigenvalue weighted by molar-refractivity contribution is 0.0513. The van der Waals surface area contributed by atoms with Crippen LogP contribution in [-0.4, -0.2) is 22.4 Å². The van der Waals surface area contributed by atoms with Crippen LogP contribution < -0.4 is 0 Å². The molecule has 0 unspecified atom stereocenters. The second-order valence-electron chi connectivity index (χ2n) is 4.11. The summed E-state index contributed by atoms with van der Waals surface area (Å²) in [5, 5.41) is 4.79. The Hall–Kier alpha value is -2.25. The van der Waals surface area contributed by atoms with Crippen molar-refractivity contribution in [3.63, 3.8) is 0 Å².